The predicted octanol–water partition coefficient (Wildman–Crippen LogP) is 0.792. The molecule has 4 heterocycles. The lowest BCUT2D eigenvalue weighted by atomic mass is 9.70. The summed E-state index contributed by atoms with van der Waals surface area (Å²) < 4.78 is 0. The number of H-pyrrole nitrogens is 1. The number of para-hydroxylation sites is 2. The molecule has 2 aromatic carbocycles. The highest BCUT2D eigenvalue weighted by molar-refractivity contribution is 7.82. The molecule has 5 atom stereocenters. The molecule has 3 aliphatic rings. The van der Waals surface area contributed by atoms with Crippen LogP contribution in [0, 0.1) is 0 Å². The van der Waals surface area contributed by atoms with E-state index in [2.05, 4.69) is 10.3 Å². The number of amides is 2. The molecular weight excluding hydrogens is 414 g/mol. The normalized spacial score (nSPS) is 34.0. The number of nitrogens with one attached hydrogen (secondary N) is 2. The molecule has 158 valence electrons. The summed E-state index contributed by atoms with van der Waals surface area (Å²) in [6.07, 6.45) is -1.38. The van der Waals surface area contributed by atoms with E-state index in [0.717, 1.165) is 32.6 Å². The molecule has 2 saturated heterocycles. The maximum Gasteiger partial charge on any atom is 0.263 e. The molecule has 3 aliphatic heterocycles. The summed E-state index contributed by atoms with van der Waals surface area (Å²) in [6, 6.07) is 15.4. The van der Waals surface area contributed by atoms with Crippen molar-refractivity contribution < 1.29 is 14.7 Å². The molecule has 0 saturated carbocycles. The Balaban J connectivity index is 1.71. The number of hydrogen-bond acceptors (Lipinski definition) is 6. The van der Waals surface area contributed by atoms with E-state index in [1.165, 1.54) is 11.9 Å². The van der Waals surface area contributed by atoms with Crippen molar-refractivity contribution in [2.75, 3.05) is 12.4 Å². The minimum Gasteiger partial charge on any atom is -0.388 e. The van der Waals surface area contributed by atoms with Crippen molar-refractivity contribution in [1.29, 1.82) is 0 Å². The highest BCUT2D eigenvalue weighted by atomic mass is 32.1. The standard InChI is InChI=1S/C22H21N5O3S/c1-26-16(23)17(28)27-19-21(18(29)22(27,31)20(26)30,12-7-3-5-9-15(12)25-19)13-10-24-14-8-4-2-6-11(13)14/h2-10,16,18-19,24-25,29,31H,23H2,1H3/t16-,18+,19-,21-,22+/m1/s1. The van der Waals surface area contributed by atoms with E-state index >= 15 is 0 Å². The number of nitrogens with zero attached hydrogens (tertiary/aromatic N) is 2. The Labute approximate surface area is 183 Å². The number of piperazine rings is 1. The summed E-state index contributed by atoms with van der Waals surface area (Å²) in [7, 11) is 1.46. The number of nitrogens with two attached hydrogens (primary N) is 1. The summed E-state index contributed by atoms with van der Waals surface area (Å²) in [5.41, 5.74) is 8.23. The number of aromatic nitrogens is 1. The third-order valence-corrected chi connectivity index (χ3v) is 7.76. The maximum atomic E-state index is 13.4. The van der Waals surface area contributed by atoms with Crippen molar-refractivity contribution in [1.82, 2.24) is 14.8 Å². The van der Waals surface area contributed by atoms with Crippen LogP contribution in [0.15, 0.2) is 54.7 Å². The van der Waals surface area contributed by atoms with Crippen LogP contribution in [0.4, 0.5) is 5.69 Å². The third kappa shape index (κ3) is 1.91. The van der Waals surface area contributed by atoms with E-state index in [-0.39, 0.29) is 0 Å². The molecule has 3 aromatic rings. The van der Waals surface area contributed by atoms with Gasteiger partial charge in [-0.25, -0.2) is 0 Å². The number of carbonyl (C=O) groups is 2. The first-order valence-corrected chi connectivity index (χ1v) is 10.5. The number of carbonyl (C=O) groups excluding carboxylic acids is 2. The quantitative estimate of drug-likeness (QED) is 0.363. The fourth-order valence-corrected chi connectivity index (χ4v) is 6.23. The fraction of sp³-hybridized carbons (Fsp3) is 0.273. The molecule has 0 unspecified atom stereocenters. The molecule has 5 N–H and O–H groups in total. The lowest BCUT2D eigenvalue weighted by molar-refractivity contribution is -0.164. The van der Waals surface area contributed by atoms with E-state index in [9.17, 15) is 14.7 Å². The minimum atomic E-state index is -1.77. The van der Waals surface area contributed by atoms with Gasteiger partial charge in [0, 0.05) is 29.8 Å². The molecule has 1 aromatic heterocycles. The molecule has 0 spiro atoms. The second-order valence-corrected chi connectivity index (χ2v) is 9.09. The summed E-state index contributed by atoms with van der Waals surface area (Å²) >= 11 is 4.69. The molecule has 0 aliphatic carbocycles. The Bertz CT molecular complexity index is 1280. The lowest BCUT2D eigenvalue weighted by Crippen LogP contribution is -2.72. The molecule has 6 rings (SSSR count). The average molecular weight is 436 g/mol. The lowest BCUT2D eigenvalue weighted by Gasteiger charge is -2.46. The summed E-state index contributed by atoms with van der Waals surface area (Å²) in [5, 5.41) is 16.3. The Morgan fingerprint density at radius 3 is 2.61 bits per heavy atom. The van der Waals surface area contributed by atoms with E-state index in [0.29, 0.717) is 0 Å². The van der Waals surface area contributed by atoms with Crippen molar-refractivity contribution in [3.8, 4) is 0 Å². The number of anilines is 1. The fourth-order valence-electron chi connectivity index (χ4n) is 5.65. The van der Waals surface area contributed by atoms with Gasteiger partial charge in [-0.05, 0) is 23.3 Å². The highest BCUT2D eigenvalue weighted by Gasteiger charge is 2.76. The number of aliphatic hydroxyl groups excluding tert-OH is 1. The monoisotopic (exact) mass is 435 g/mol. The van der Waals surface area contributed by atoms with Gasteiger partial charge in [0.15, 0.2) is 11.0 Å². The van der Waals surface area contributed by atoms with Crippen LogP contribution in [-0.4, -0.2) is 62.1 Å². The van der Waals surface area contributed by atoms with E-state index < -0.39 is 40.5 Å². The number of aromatic amines is 1. The topological polar surface area (TPSA) is 115 Å². The molecule has 8 nitrogen and oxygen atoms in total. The van der Waals surface area contributed by atoms with Crippen LogP contribution in [0.3, 0.4) is 0 Å². The first-order valence-electron chi connectivity index (χ1n) is 10.0. The van der Waals surface area contributed by atoms with Crippen LogP contribution in [0.2, 0.25) is 0 Å². The van der Waals surface area contributed by atoms with Crippen LogP contribution >= 0.6 is 12.6 Å². The number of thiol groups is 1. The van der Waals surface area contributed by atoms with Gasteiger partial charge in [0.05, 0.1) is 5.41 Å². The van der Waals surface area contributed by atoms with Crippen LogP contribution in [0.25, 0.3) is 10.9 Å². The van der Waals surface area contributed by atoms with Gasteiger partial charge in [-0.3, -0.25) is 14.5 Å². The summed E-state index contributed by atoms with van der Waals surface area (Å²) in [5.74, 6) is -0.980. The van der Waals surface area contributed by atoms with Crippen molar-refractivity contribution >= 4 is 41.0 Å². The largest absolute Gasteiger partial charge is 0.388 e. The van der Waals surface area contributed by atoms with E-state index in [1.807, 2.05) is 54.7 Å². The van der Waals surface area contributed by atoms with Crippen molar-refractivity contribution in [3.63, 3.8) is 0 Å². The molecule has 31 heavy (non-hydrogen) atoms. The Morgan fingerprint density at radius 2 is 1.81 bits per heavy atom. The second-order valence-electron chi connectivity index (χ2n) is 8.41. The minimum absolute atomic E-state index is 0.469. The van der Waals surface area contributed by atoms with Crippen molar-refractivity contribution in [2.24, 2.45) is 5.73 Å². The zero-order chi connectivity index (χ0) is 21.7. The van der Waals surface area contributed by atoms with Gasteiger partial charge in [0.2, 0.25) is 0 Å². The SMILES string of the molecule is CN1C(=O)[C@@]2(S)[C@@H](O)[C@]3(c4c[nH]c5ccccc45)c4ccccc4N[C@@H]3N2C(=O)[C@@H]1N. The zero-order valence-corrected chi connectivity index (χ0v) is 17.5. The highest BCUT2D eigenvalue weighted by Crippen LogP contribution is 2.61. The molecule has 0 bridgehead atoms. The van der Waals surface area contributed by atoms with Crippen molar-refractivity contribution in [3.05, 3.63) is 65.9 Å². The first kappa shape index (κ1) is 18.7. The molecule has 0 radical (unpaired) electrons. The van der Waals surface area contributed by atoms with Crippen LogP contribution in [0.5, 0.6) is 0 Å². The second kappa shape index (κ2) is 5.82. The Hall–Kier alpha value is -3.01. The van der Waals surface area contributed by atoms with E-state index in [1.54, 1.807) is 0 Å². The summed E-state index contributed by atoms with van der Waals surface area (Å²) in [6.45, 7) is 0. The van der Waals surface area contributed by atoms with Crippen LogP contribution in [-0.2, 0) is 15.0 Å². The van der Waals surface area contributed by atoms with Gasteiger partial charge in [-0.15, -0.1) is 12.6 Å². The van der Waals surface area contributed by atoms with Gasteiger partial charge in [-0.2, -0.15) is 0 Å². The van der Waals surface area contributed by atoms with Gasteiger partial charge in [-0.1, -0.05) is 36.4 Å². The maximum absolute atomic E-state index is 13.4. The van der Waals surface area contributed by atoms with E-state index in [4.69, 9.17) is 18.4 Å². The molecule has 2 amide bonds. The number of fused-ring (bicyclic) bond motifs is 6. The molecule has 2 fully saturated rings. The molecular formula is C22H21N5O3S. The van der Waals surface area contributed by atoms with Crippen molar-refractivity contribution in [2.45, 2.75) is 28.7 Å². The number of aliphatic hydroxyl groups is 1. The smallest absolute Gasteiger partial charge is 0.263 e. The Morgan fingerprint density at radius 1 is 1.10 bits per heavy atom. The average Bonchev–Trinajstić information content (AvgIpc) is 3.40. The number of likely N-dealkylation sites (N-methyl/N-ethyl adjacent to an activating group) is 1. The molecule has 9 heteroatoms. The number of benzene rings is 2. The third-order valence-electron chi connectivity index (χ3n) is 7.11. The van der Waals surface area contributed by atoms with Gasteiger partial charge < -0.3 is 26.0 Å². The Kier molecular flexibility index (Phi) is 3.51. The van der Waals surface area contributed by atoms with Crippen LogP contribution < -0.4 is 11.1 Å². The number of rotatable bonds is 1. The van der Waals surface area contributed by atoms with Gasteiger partial charge >= 0.3 is 0 Å². The van der Waals surface area contributed by atoms with Crippen LogP contribution in [0.1, 0.15) is 11.1 Å². The zero-order valence-electron chi connectivity index (χ0n) is 16.6. The summed E-state index contributed by atoms with van der Waals surface area (Å²) in [4.78, 5) is 30.8. The first-order chi connectivity index (χ1) is 14.8. The number of hydrogen-bond donors (Lipinski definition) is 5. The van der Waals surface area contributed by atoms with Gasteiger partial charge in [0.25, 0.3) is 11.8 Å². The van der Waals surface area contributed by atoms with Gasteiger partial charge in [0.1, 0.15) is 12.3 Å². The predicted molar refractivity (Wildman–Crippen MR) is 118 cm³/mol.